The van der Waals surface area contributed by atoms with Crippen molar-refractivity contribution in [1.82, 2.24) is 10.3 Å². The fourth-order valence-electron chi connectivity index (χ4n) is 2.28. The minimum absolute atomic E-state index is 0.676. The largest absolute Gasteiger partial charge is 0.467 e. The molecule has 0 bridgehead atoms. The van der Waals surface area contributed by atoms with Crippen LogP contribution in [0, 0.1) is 0 Å². The molecule has 21 heavy (non-hydrogen) atoms. The summed E-state index contributed by atoms with van der Waals surface area (Å²) in [6.45, 7) is 4.43. The third-order valence-corrected chi connectivity index (χ3v) is 3.94. The molecule has 5 heteroatoms. The molecule has 1 fully saturated rings. The minimum Gasteiger partial charge on any atom is -0.467 e. The van der Waals surface area contributed by atoms with Crippen LogP contribution in [0.1, 0.15) is 31.1 Å². The lowest BCUT2D eigenvalue weighted by Crippen LogP contribution is -2.23. The first kappa shape index (κ1) is 14.4. The number of hydrogen-bond acceptors (Lipinski definition) is 4. The number of nitrogens with zero attached hydrogens (tertiary/aromatic N) is 2. The van der Waals surface area contributed by atoms with E-state index in [4.69, 9.17) is 16.0 Å². The molecule has 0 amide bonds. The van der Waals surface area contributed by atoms with Crippen molar-refractivity contribution in [1.29, 1.82) is 0 Å². The van der Waals surface area contributed by atoms with Gasteiger partial charge in [-0.1, -0.05) is 11.6 Å². The molecule has 2 aromatic rings. The van der Waals surface area contributed by atoms with Gasteiger partial charge in [0.25, 0.3) is 0 Å². The molecule has 1 aliphatic carbocycles. The van der Waals surface area contributed by atoms with Crippen molar-refractivity contribution in [3.63, 3.8) is 0 Å². The molecule has 1 saturated carbocycles. The van der Waals surface area contributed by atoms with Gasteiger partial charge in [-0.25, -0.2) is 4.98 Å². The van der Waals surface area contributed by atoms with Gasteiger partial charge in [0.2, 0.25) is 0 Å². The van der Waals surface area contributed by atoms with Crippen LogP contribution in [-0.2, 0) is 13.1 Å². The Balaban J connectivity index is 1.70. The molecule has 1 N–H and O–H groups in total. The van der Waals surface area contributed by atoms with E-state index < -0.39 is 0 Å². The predicted molar refractivity (Wildman–Crippen MR) is 84.5 cm³/mol. The van der Waals surface area contributed by atoms with Gasteiger partial charge >= 0.3 is 0 Å². The number of hydrogen-bond donors (Lipinski definition) is 1. The van der Waals surface area contributed by atoms with Gasteiger partial charge in [-0.15, -0.1) is 0 Å². The highest BCUT2D eigenvalue weighted by Gasteiger charge is 2.20. The maximum Gasteiger partial charge on any atom is 0.147 e. The standard InChI is InChI=1S/C16H20ClN3O/c1-2-20(11-14-4-3-7-21-14)16-15(17)8-12(10-19-16)9-18-13-5-6-13/h3-4,7-8,10,13,18H,2,5-6,9,11H2,1H3. The van der Waals surface area contributed by atoms with Crippen LogP contribution >= 0.6 is 11.6 Å². The third kappa shape index (κ3) is 3.77. The summed E-state index contributed by atoms with van der Waals surface area (Å²) in [7, 11) is 0. The van der Waals surface area contributed by atoms with Crippen LogP contribution in [0.5, 0.6) is 0 Å². The first-order valence-electron chi connectivity index (χ1n) is 7.41. The lowest BCUT2D eigenvalue weighted by molar-refractivity contribution is 0.503. The molecule has 0 spiro atoms. The Morgan fingerprint density at radius 2 is 2.33 bits per heavy atom. The van der Waals surface area contributed by atoms with Crippen molar-refractivity contribution in [2.45, 2.75) is 38.9 Å². The van der Waals surface area contributed by atoms with Crippen molar-refractivity contribution in [3.8, 4) is 0 Å². The molecule has 0 unspecified atom stereocenters. The third-order valence-electron chi connectivity index (χ3n) is 3.66. The lowest BCUT2D eigenvalue weighted by atomic mass is 10.2. The van der Waals surface area contributed by atoms with E-state index in [9.17, 15) is 0 Å². The zero-order valence-electron chi connectivity index (χ0n) is 12.2. The van der Waals surface area contributed by atoms with E-state index in [0.29, 0.717) is 17.6 Å². The van der Waals surface area contributed by atoms with Crippen LogP contribution in [0.3, 0.4) is 0 Å². The topological polar surface area (TPSA) is 41.3 Å². The zero-order chi connectivity index (χ0) is 14.7. The fourth-order valence-corrected chi connectivity index (χ4v) is 2.58. The molecule has 112 valence electrons. The Morgan fingerprint density at radius 3 is 2.95 bits per heavy atom. The van der Waals surface area contributed by atoms with E-state index in [-0.39, 0.29) is 0 Å². The maximum absolute atomic E-state index is 6.41. The van der Waals surface area contributed by atoms with E-state index in [1.54, 1.807) is 6.26 Å². The number of anilines is 1. The molecule has 0 saturated heterocycles. The quantitative estimate of drug-likeness (QED) is 0.848. The van der Waals surface area contributed by atoms with Gasteiger partial charge in [0.15, 0.2) is 0 Å². The van der Waals surface area contributed by atoms with Gasteiger partial charge in [0.1, 0.15) is 11.6 Å². The molecule has 2 aromatic heterocycles. The molecule has 2 heterocycles. The summed E-state index contributed by atoms with van der Waals surface area (Å²) in [6.07, 6.45) is 6.16. The SMILES string of the molecule is CCN(Cc1ccco1)c1ncc(CNC2CC2)cc1Cl. The van der Waals surface area contributed by atoms with Gasteiger partial charge in [0, 0.05) is 25.3 Å². The van der Waals surface area contributed by atoms with Crippen molar-refractivity contribution >= 4 is 17.4 Å². The summed E-state index contributed by atoms with van der Waals surface area (Å²) < 4.78 is 5.40. The Kier molecular flexibility index (Phi) is 4.46. The minimum atomic E-state index is 0.676. The fraction of sp³-hybridized carbons (Fsp3) is 0.438. The number of halogens is 1. The van der Waals surface area contributed by atoms with Crippen LogP contribution in [0.15, 0.2) is 35.1 Å². The van der Waals surface area contributed by atoms with Gasteiger partial charge in [-0.3, -0.25) is 0 Å². The molecule has 0 radical (unpaired) electrons. The van der Waals surface area contributed by atoms with Crippen LogP contribution in [0.25, 0.3) is 0 Å². The highest BCUT2D eigenvalue weighted by molar-refractivity contribution is 6.33. The second-order valence-electron chi connectivity index (χ2n) is 5.40. The molecular weight excluding hydrogens is 286 g/mol. The maximum atomic E-state index is 6.41. The molecule has 0 aliphatic heterocycles. The Labute approximate surface area is 130 Å². The molecule has 1 aliphatic rings. The zero-order valence-corrected chi connectivity index (χ0v) is 12.9. The van der Waals surface area contributed by atoms with Gasteiger partial charge in [-0.05, 0) is 43.5 Å². The van der Waals surface area contributed by atoms with Gasteiger partial charge < -0.3 is 14.6 Å². The van der Waals surface area contributed by atoms with Crippen molar-refractivity contribution < 1.29 is 4.42 Å². The second kappa shape index (κ2) is 6.50. The van der Waals surface area contributed by atoms with Crippen LogP contribution in [-0.4, -0.2) is 17.6 Å². The molecular formula is C16H20ClN3O. The number of rotatable bonds is 7. The Morgan fingerprint density at radius 1 is 1.48 bits per heavy atom. The normalized spacial score (nSPS) is 14.4. The predicted octanol–water partition coefficient (Wildman–Crippen LogP) is 3.61. The molecule has 0 atom stereocenters. The van der Waals surface area contributed by atoms with E-state index in [0.717, 1.165) is 30.2 Å². The average Bonchev–Trinajstić information content (AvgIpc) is 3.18. The smallest absolute Gasteiger partial charge is 0.147 e. The van der Waals surface area contributed by atoms with Gasteiger partial charge in [0.05, 0.1) is 17.8 Å². The van der Waals surface area contributed by atoms with Crippen molar-refractivity contribution in [3.05, 3.63) is 47.0 Å². The highest BCUT2D eigenvalue weighted by Crippen LogP contribution is 2.26. The van der Waals surface area contributed by atoms with E-state index >= 15 is 0 Å². The summed E-state index contributed by atoms with van der Waals surface area (Å²) >= 11 is 6.41. The first-order chi connectivity index (χ1) is 10.3. The molecule has 4 nitrogen and oxygen atoms in total. The first-order valence-corrected chi connectivity index (χ1v) is 7.79. The summed E-state index contributed by atoms with van der Waals surface area (Å²) in [5.41, 5.74) is 1.13. The van der Waals surface area contributed by atoms with Crippen LogP contribution in [0.2, 0.25) is 5.02 Å². The van der Waals surface area contributed by atoms with E-state index in [1.165, 1.54) is 12.8 Å². The summed E-state index contributed by atoms with van der Waals surface area (Å²) in [5, 5.41) is 4.16. The monoisotopic (exact) mass is 305 g/mol. The number of pyridine rings is 1. The van der Waals surface area contributed by atoms with E-state index in [2.05, 4.69) is 22.1 Å². The highest BCUT2D eigenvalue weighted by atomic mass is 35.5. The number of nitrogens with one attached hydrogen (secondary N) is 1. The average molecular weight is 306 g/mol. The van der Waals surface area contributed by atoms with Gasteiger partial charge in [-0.2, -0.15) is 0 Å². The van der Waals surface area contributed by atoms with Crippen molar-refractivity contribution in [2.24, 2.45) is 0 Å². The summed E-state index contributed by atoms with van der Waals surface area (Å²) in [6, 6.07) is 6.55. The number of furan rings is 1. The van der Waals surface area contributed by atoms with Crippen LogP contribution in [0.4, 0.5) is 5.82 Å². The molecule has 0 aromatic carbocycles. The molecule has 3 rings (SSSR count). The Hall–Kier alpha value is -1.52. The van der Waals surface area contributed by atoms with Crippen LogP contribution < -0.4 is 10.2 Å². The number of aromatic nitrogens is 1. The lowest BCUT2D eigenvalue weighted by Gasteiger charge is -2.22. The summed E-state index contributed by atoms with van der Waals surface area (Å²) in [5.74, 6) is 1.72. The summed E-state index contributed by atoms with van der Waals surface area (Å²) in [4.78, 5) is 6.65. The van der Waals surface area contributed by atoms with E-state index in [1.807, 2.05) is 24.4 Å². The second-order valence-corrected chi connectivity index (χ2v) is 5.80. The Bertz CT molecular complexity index is 581. The van der Waals surface area contributed by atoms with Crippen molar-refractivity contribution in [2.75, 3.05) is 11.4 Å².